The van der Waals surface area contributed by atoms with Crippen molar-refractivity contribution in [2.24, 2.45) is 0 Å². The molecule has 0 spiro atoms. The van der Waals surface area contributed by atoms with E-state index < -0.39 is 9.84 Å². The van der Waals surface area contributed by atoms with Gasteiger partial charge in [0.1, 0.15) is 9.84 Å². The maximum absolute atomic E-state index is 11.5. The summed E-state index contributed by atoms with van der Waals surface area (Å²) in [7, 11) is -2.99. The molecule has 1 aromatic carbocycles. The molecule has 0 bridgehead atoms. The van der Waals surface area contributed by atoms with Crippen molar-refractivity contribution in [2.75, 3.05) is 18.6 Å². The minimum Gasteiger partial charge on any atom is -0.353 e. The number of amides is 1. The molecule has 0 aromatic heterocycles. The third-order valence-electron chi connectivity index (χ3n) is 2.36. The number of carbonyl (C=O) groups excluding carboxylic acids is 1. The minimum atomic E-state index is -2.99. The van der Waals surface area contributed by atoms with Crippen LogP contribution in [0.2, 0.25) is 10.0 Å². The van der Waals surface area contributed by atoms with Crippen LogP contribution in [0.15, 0.2) is 24.3 Å². The van der Waals surface area contributed by atoms with E-state index in [1.165, 1.54) is 6.08 Å². The molecule has 0 atom stereocenters. The van der Waals surface area contributed by atoms with Crippen molar-refractivity contribution in [3.8, 4) is 0 Å². The van der Waals surface area contributed by atoms with Crippen LogP contribution in [0.1, 0.15) is 12.0 Å². The molecule has 1 rings (SSSR count). The quantitative estimate of drug-likeness (QED) is 0.641. The maximum atomic E-state index is 11.5. The van der Waals surface area contributed by atoms with Gasteiger partial charge in [-0.25, -0.2) is 8.42 Å². The lowest BCUT2D eigenvalue weighted by molar-refractivity contribution is -0.116. The van der Waals surface area contributed by atoms with Crippen molar-refractivity contribution in [3.63, 3.8) is 0 Å². The average molecular weight is 336 g/mol. The zero-order chi connectivity index (χ0) is 15.2. The van der Waals surface area contributed by atoms with Crippen molar-refractivity contribution < 1.29 is 13.2 Å². The topological polar surface area (TPSA) is 63.2 Å². The largest absolute Gasteiger partial charge is 0.353 e. The third-order valence-corrected chi connectivity index (χ3v) is 3.97. The van der Waals surface area contributed by atoms with Gasteiger partial charge in [0, 0.05) is 28.9 Å². The predicted octanol–water partition coefficient (Wildman–Crippen LogP) is 2.56. The molecule has 0 saturated carbocycles. The monoisotopic (exact) mass is 335 g/mol. The number of benzene rings is 1. The molecule has 0 aliphatic heterocycles. The normalized spacial score (nSPS) is 11.8. The fraction of sp³-hybridized carbons (Fsp3) is 0.308. The van der Waals surface area contributed by atoms with Crippen LogP contribution in [-0.4, -0.2) is 32.9 Å². The molecule has 4 nitrogen and oxygen atoms in total. The molecule has 7 heteroatoms. The second kappa shape index (κ2) is 7.67. The van der Waals surface area contributed by atoms with Crippen LogP contribution < -0.4 is 5.32 Å². The number of nitrogens with one attached hydrogen (secondary N) is 1. The zero-order valence-electron chi connectivity index (χ0n) is 10.9. The molecule has 0 heterocycles. The second-order valence-electron chi connectivity index (χ2n) is 4.27. The van der Waals surface area contributed by atoms with Crippen molar-refractivity contribution in [1.29, 1.82) is 0 Å². The number of hydrogen-bond acceptors (Lipinski definition) is 3. The second-order valence-corrected chi connectivity index (χ2v) is 7.38. The Morgan fingerprint density at radius 3 is 2.70 bits per heavy atom. The molecule has 0 radical (unpaired) electrons. The molecule has 0 aliphatic carbocycles. The summed E-state index contributed by atoms with van der Waals surface area (Å²) in [4.78, 5) is 11.5. The summed E-state index contributed by atoms with van der Waals surface area (Å²) < 4.78 is 21.8. The van der Waals surface area contributed by atoms with Crippen molar-refractivity contribution in [3.05, 3.63) is 39.9 Å². The Morgan fingerprint density at radius 1 is 1.35 bits per heavy atom. The smallest absolute Gasteiger partial charge is 0.244 e. The van der Waals surface area contributed by atoms with Crippen molar-refractivity contribution in [1.82, 2.24) is 5.32 Å². The van der Waals surface area contributed by atoms with E-state index in [9.17, 15) is 13.2 Å². The summed E-state index contributed by atoms with van der Waals surface area (Å²) in [5.41, 5.74) is 0.644. The van der Waals surface area contributed by atoms with Crippen LogP contribution in [0.4, 0.5) is 0 Å². The summed E-state index contributed by atoms with van der Waals surface area (Å²) in [5, 5.41) is 3.62. The first-order valence-electron chi connectivity index (χ1n) is 5.86. The van der Waals surface area contributed by atoms with Gasteiger partial charge in [0.05, 0.1) is 5.75 Å². The molecular formula is C13H15Cl2NO3S. The van der Waals surface area contributed by atoms with E-state index >= 15 is 0 Å². The van der Waals surface area contributed by atoms with E-state index in [0.29, 0.717) is 28.6 Å². The summed E-state index contributed by atoms with van der Waals surface area (Å²) in [6.07, 6.45) is 4.43. The van der Waals surface area contributed by atoms with Gasteiger partial charge < -0.3 is 5.32 Å². The number of halogens is 2. The fourth-order valence-corrected chi connectivity index (χ4v) is 2.44. The molecule has 0 aliphatic rings. The highest BCUT2D eigenvalue weighted by Gasteiger charge is 2.02. The predicted molar refractivity (Wildman–Crippen MR) is 82.8 cm³/mol. The highest BCUT2D eigenvalue weighted by molar-refractivity contribution is 7.90. The number of sulfone groups is 1. The van der Waals surface area contributed by atoms with Crippen LogP contribution in [0.5, 0.6) is 0 Å². The minimum absolute atomic E-state index is 0.0527. The number of hydrogen-bond donors (Lipinski definition) is 1. The van der Waals surface area contributed by atoms with E-state index in [0.717, 1.165) is 6.26 Å². The van der Waals surface area contributed by atoms with Gasteiger partial charge in [-0.05, 0) is 36.3 Å². The molecule has 1 amide bonds. The first-order valence-corrected chi connectivity index (χ1v) is 8.68. The molecular weight excluding hydrogens is 321 g/mol. The first-order chi connectivity index (χ1) is 9.28. The third kappa shape index (κ3) is 6.93. The standard InChI is InChI=1S/C13H15Cl2NO3S/c1-20(18,19)8-2-7-16-13(17)6-3-10-9-11(14)4-5-12(10)15/h3-6,9H,2,7-8H2,1H3,(H,16,17)/b6-3+. The summed E-state index contributed by atoms with van der Waals surface area (Å²) in [5.74, 6) is -0.258. The summed E-state index contributed by atoms with van der Waals surface area (Å²) >= 11 is 11.8. The Kier molecular flexibility index (Phi) is 6.52. The van der Waals surface area contributed by atoms with E-state index in [2.05, 4.69) is 5.32 Å². The first kappa shape index (κ1) is 17.0. The van der Waals surface area contributed by atoms with E-state index in [4.69, 9.17) is 23.2 Å². The number of rotatable bonds is 6. The van der Waals surface area contributed by atoms with Crippen LogP contribution in [0, 0.1) is 0 Å². The van der Waals surface area contributed by atoms with Crippen molar-refractivity contribution >= 4 is 45.0 Å². The van der Waals surface area contributed by atoms with Gasteiger partial charge in [0.25, 0.3) is 0 Å². The lowest BCUT2D eigenvalue weighted by atomic mass is 10.2. The van der Waals surface area contributed by atoms with Gasteiger partial charge in [-0.2, -0.15) is 0 Å². The Morgan fingerprint density at radius 2 is 2.05 bits per heavy atom. The van der Waals surface area contributed by atoms with Crippen molar-refractivity contribution in [2.45, 2.75) is 6.42 Å². The van der Waals surface area contributed by atoms with Gasteiger partial charge >= 0.3 is 0 Å². The molecule has 20 heavy (non-hydrogen) atoms. The Labute approximate surface area is 128 Å². The van der Waals surface area contributed by atoms with Gasteiger partial charge in [0.2, 0.25) is 5.91 Å². The van der Waals surface area contributed by atoms with E-state index in [1.807, 2.05) is 0 Å². The molecule has 0 unspecified atom stereocenters. The van der Waals surface area contributed by atoms with E-state index in [1.54, 1.807) is 24.3 Å². The fourth-order valence-electron chi connectivity index (χ4n) is 1.41. The lowest BCUT2D eigenvalue weighted by Crippen LogP contribution is -2.23. The van der Waals surface area contributed by atoms with Crippen LogP contribution >= 0.6 is 23.2 Å². The van der Waals surface area contributed by atoms with E-state index in [-0.39, 0.29) is 11.7 Å². The zero-order valence-corrected chi connectivity index (χ0v) is 13.2. The lowest BCUT2D eigenvalue weighted by Gasteiger charge is -2.02. The maximum Gasteiger partial charge on any atom is 0.244 e. The molecule has 0 fully saturated rings. The Balaban J connectivity index is 2.46. The van der Waals surface area contributed by atoms with Crippen LogP contribution in [0.3, 0.4) is 0 Å². The van der Waals surface area contributed by atoms with Gasteiger partial charge in [-0.3, -0.25) is 4.79 Å². The SMILES string of the molecule is CS(=O)(=O)CCCNC(=O)/C=C/c1cc(Cl)ccc1Cl. The summed E-state index contributed by atoms with van der Waals surface area (Å²) in [6.45, 7) is 0.305. The Bertz CT molecular complexity index is 612. The van der Waals surface area contributed by atoms with Crippen LogP contribution in [0.25, 0.3) is 6.08 Å². The molecule has 0 saturated heterocycles. The molecule has 1 aromatic rings. The van der Waals surface area contributed by atoms with Gasteiger partial charge in [0.15, 0.2) is 0 Å². The highest BCUT2D eigenvalue weighted by atomic mass is 35.5. The Hall–Kier alpha value is -1.04. The van der Waals surface area contributed by atoms with Gasteiger partial charge in [-0.1, -0.05) is 23.2 Å². The molecule has 1 N–H and O–H groups in total. The average Bonchev–Trinajstić information content (AvgIpc) is 2.34. The highest BCUT2D eigenvalue weighted by Crippen LogP contribution is 2.21. The molecule has 110 valence electrons. The number of carbonyl (C=O) groups is 1. The van der Waals surface area contributed by atoms with Crippen LogP contribution in [-0.2, 0) is 14.6 Å². The summed E-state index contributed by atoms with van der Waals surface area (Å²) in [6, 6.07) is 4.96. The van der Waals surface area contributed by atoms with Gasteiger partial charge in [-0.15, -0.1) is 0 Å².